The van der Waals surface area contributed by atoms with E-state index in [-0.39, 0.29) is 0 Å². The van der Waals surface area contributed by atoms with Crippen molar-refractivity contribution in [2.45, 2.75) is 13.5 Å². The van der Waals surface area contributed by atoms with Gasteiger partial charge in [0, 0.05) is 24.0 Å². The lowest BCUT2D eigenvalue weighted by molar-refractivity contribution is -0.105. The van der Waals surface area contributed by atoms with Crippen LogP contribution in [0.1, 0.15) is 11.3 Å². The van der Waals surface area contributed by atoms with Crippen LogP contribution in [-0.4, -0.2) is 16.2 Å². The van der Waals surface area contributed by atoms with Gasteiger partial charge in [0.25, 0.3) is 0 Å². The van der Waals surface area contributed by atoms with Gasteiger partial charge in [0.05, 0.1) is 6.20 Å². The fraction of sp³-hybridized carbons (Fsp3) is 0.231. The van der Waals surface area contributed by atoms with E-state index in [2.05, 4.69) is 10.4 Å². The van der Waals surface area contributed by atoms with Crippen molar-refractivity contribution in [2.75, 3.05) is 5.32 Å². The number of hydrogen-bond acceptors (Lipinski definition) is 3. The lowest BCUT2D eigenvalue weighted by atomic mass is 10.3. The minimum absolute atomic E-state index is 0.486. The van der Waals surface area contributed by atoms with Crippen LogP contribution >= 0.6 is 0 Å². The number of hydrogen-bond donors (Lipinski definition) is 1. The molecular formula is C13H15N3O2. The van der Waals surface area contributed by atoms with Gasteiger partial charge in [0.2, 0.25) is 6.41 Å². The van der Waals surface area contributed by atoms with Crippen LogP contribution in [0.5, 0.6) is 5.75 Å². The summed E-state index contributed by atoms with van der Waals surface area (Å²) in [4.78, 5) is 10.3. The predicted molar refractivity (Wildman–Crippen MR) is 68.4 cm³/mol. The number of benzene rings is 1. The lowest BCUT2D eigenvalue weighted by Gasteiger charge is -2.06. The molecule has 1 N–H and O–H groups in total. The smallest absolute Gasteiger partial charge is 0.211 e. The molecule has 2 rings (SSSR count). The zero-order valence-corrected chi connectivity index (χ0v) is 10.4. The van der Waals surface area contributed by atoms with Gasteiger partial charge >= 0.3 is 0 Å². The number of anilines is 1. The Bertz CT molecular complexity index is 532. The van der Waals surface area contributed by atoms with Crippen molar-refractivity contribution in [2.24, 2.45) is 7.05 Å². The maximum absolute atomic E-state index is 10.3. The van der Waals surface area contributed by atoms with Gasteiger partial charge < -0.3 is 10.1 Å². The summed E-state index contributed by atoms with van der Waals surface area (Å²) in [7, 11) is 1.90. The molecule has 0 spiro atoms. The molecule has 2 aromatic rings. The molecule has 94 valence electrons. The molecule has 1 amide bonds. The number of amides is 1. The average Bonchev–Trinajstić information content (AvgIpc) is 2.70. The van der Waals surface area contributed by atoms with Crippen LogP contribution in [0.25, 0.3) is 0 Å². The van der Waals surface area contributed by atoms with Crippen LogP contribution in [0.4, 0.5) is 5.69 Å². The molecule has 18 heavy (non-hydrogen) atoms. The van der Waals surface area contributed by atoms with E-state index in [1.165, 1.54) is 0 Å². The van der Waals surface area contributed by atoms with Gasteiger partial charge in [-0.3, -0.25) is 9.48 Å². The van der Waals surface area contributed by atoms with E-state index in [1.54, 1.807) is 18.3 Å². The fourth-order valence-corrected chi connectivity index (χ4v) is 1.56. The van der Waals surface area contributed by atoms with Crippen molar-refractivity contribution in [3.63, 3.8) is 0 Å². The Kier molecular flexibility index (Phi) is 3.62. The van der Waals surface area contributed by atoms with Gasteiger partial charge in [-0.05, 0) is 31.2 Å². The molecule has 0 bridgehead atoms. The summed E-state index contributed by atoms with van der Waals surface area (Å²) in [6.07, 6.45) is 2.45. The van der Waals surface area contributed by atoms with E-state index in [9.17, 15) is 4.79 Å². The molecule has 0 atom stereocenters. The van der Waals surface area contributed by atoms with Crippen LogP contribution in [0.15, 0.2) is 30.5 Å². The summed E-state index contributed by atoms with van der Waals surface area (Å²) in [6.45, 7) is 2.49. The summed E-state index contributed by atoms with van der Waals surface area (Å²) >= 11 is 0. The van der Waals surface area contributed by atoms with Crippen LogP contribution in [0.2, 0.25) is 0 Å². The molecule has 0 unspecified atom stereocenters. The molecular weight excluding hydrogens is 230 g/mol. The Labute approximate surface area is 105 Å². The zero-order valence-electron chi connectivity index (χ0n) is 10.4. The highest BCUT2D eigenvalue weighted by molar-refractivity contribution is 5.71. The molecule has 5 nitrogen and oxygen atoms in total. The van der Waals surface area contributed by atoms with Gasteiger partial charge in [-0.15, -0.1) is 0 Å². The molecule has 0 radical (unpaired) electrons. The summed E-state index contributed by atoms with van der Waals surface area (Å²) in [5.41, 5.74) is 2.90. The molecule has 0 aliphatic carbocycles. The molecule has 0 fully saturated rings. The van der Waals surface area contributed by atoms with E-state index in [0.717, 1.165) is 22.7 Å². The molecule has 1 heterocycles. The highest BCUT2D eigenvalue weighted by atomic mass is 16.5. The van der Waals surface area contributed by atoms with Crippen LogP contribution < -0.4 is 10.1 Å². The number of ether oxygens (including phenoxy) is 1. The molecule has 0 aliphatic rings. The van der Waals surface area contributed by atoms with Crippen molar-refractivity contribution in [1.82, 2.24) is 9.78 Å². The summed E-state index contributed by atoms with van der Waals surface area (Å²) < 4.78 is 7.47. The molecule has 0 saturated heterocycles. The third-order valence-electron chi connectivity index (χ3n) is 2.81. The Hall–Kier alpha value is -2.30. The van der Waals surface area contributed by atoms with Crippen molar-refractivity contribution >= 4 is 12.1 Å². The first kappa shape index (κ1) is 12.2. The van der Waals surface area contributed by atoms with E-state index in [4.69, 9.17) is 4.74 Å². The fourth-order valence-electron chi connectivity index (χ4n) is 1.56. The van der Waals surface area contributed by atoms with E-state index >= 15 is 0 Å². The second-order valence-electron chi connectivity index (χ2n) is 3.95. The largest absolute Gasteiger partial charge is 0.489 e. The van der Waals surface area contributed by atoms with Gasteiger partial charge in [0.15, 0.2) is 0 Å². The van der Waals surface area contributed by atoms with E-state index in [1.807, 2.05) is 30.8 Å². The third-order valence-corrected chi connectivity index (χ3v) is 2.81. The van der Waals surface area contributed by atoms with Crippen molar-refractivity contribution in [3.05, 3.63) is 41.7 Å². The maximum atomic E-state index is 10.3. The molecule has 1 aromatic carbocycles. The van der Waals surface area contributed by atoms with Crippen LogP contribution in [-0.2, 0) is 18.4 Å². The summed E-state index contributed by atoms with van der Waals surface area (Å²) in [6, 6.07) is 7.22. The zero-order chi connectivity index (χ0) is 13.0. The van der Waals surface area contributed by atoms with Crippen LogP contribution in [0.3, 0.4) is 0 Å². The summed E-state index contributed by atoms with van der Waals surface area (Å²) in [5, 5.41) is 6.73. The molecule has 5 heteroatoms. The monoisotopic (exact) mass is 245 g/mol. The topological polar surface area (TPSA) is 56.1 Å². The number of aromatic nitrogens is 2. The first-order chi connectivity index (χ1) is 8.70. The van der Waals surface area contributed by atoms with Gasteiger partial charge in [0.1, 0.15) is 12.4 Å². The summed E-state index contributed by atoms with van der Waals surface area (Å²) in [5.74, 6) is 0.759. The quantitative estimate of drug-likeness (QED) is 0.818. The molecule has 0 aliphatic heterocycles. The Morgan fingerprint density at radius 1 is 1.39 bits per heavy atom. The highest BCUT2D eigenvalue weighted by Crippen LogP contribution is 2.17. The average molecular weight is 245 g/mol. The van der Waals surface area contributed by atoms with Crippen molar-refractivity contribution in [1.29, 1.82) is 0 Å². The predicted octanol–water partition coefficient (Wildman–Crippen LogP) is 1.88. The number of aryl methyl sites for hydroxylation is 1. The minimum atomic E-state index is 0.486. The van der Waals surface area contributed by atoms with Gasteiger partial charge in [-0.1, -0.05) is 0 Å². The Morgan fingerprint density at radius 3 is 2.67 bits per heavy atom. The van der Waals surface area contributed by atoms with Gasteiger partial charge in [-0.2, -0.15) is 5.10 Å². The third kappa shape index (κ3) is 2.68. The van der Waals surface area contributed by atoms with Crippen molar-refractivity contribution in [3.8, 4) is 5.75 Å². The van der Waals surface area contributed by atoms with E-state index < -0.39 is 0 Å². The van der Waals surface area contributed by atoms with Crippen LogP contribution in [0, 0.1) is 6.92 Å². The minimum Gasteiger partial charge on any atom is -0.489 e. The Balaban J connectivity index is 1.97. The van der Waals surface area contributed by atoms with Crippen molar-refractivity contribution < 1.29 is 9.53 Å². The SMILES string of the molecule is Cc1c(COc2ccc(NC=O)cc2)cnn1C. The number of rotatable bonds is 5. The highest BCUT2D eigenvalue weighted by Gasteiger charge is 2.04. The van der Waals surface area contributed by atoms with E-state index in [0.29, 0.717) is 13.0 Å². The standard InChI is InChI=1S/C13H15N3O2/c1-10-11(7-15-16(10)2)8-18-13-5-3-12(4-6-13)14-9-17/h3-7,9H,8H2,1-2H3,(H,14,17). The normalized spacial score (nSPS) is 10.1. The number of nitrogens with zero attached hydrogens (tertiary/aromatic N) is 2. The molecule has 1 aromatic heterocycles. The second-order valence-corrected chi connectivity index (χ2v) is 3.95. The molecule has 0 saturated carbocycles. The number of nitrogens with one attached hydrogen (secondary N) is 1. The first-order valence-electron chi connectivity index (χ1n) is 5.61. The number of carbonyl (C=O) groups excluding carboxylic acids is 1. The lowest BCUT2D eigenvalue weighted by Crippen LogP contribution is -1.99. The number of carbonyl (C=O) groups is 1. The van der Waals surface area contributed by atoms with Gasteiger partial charge in [-0.25, -0.2) is 0 Å². The second kappa shape index (κ2) is 5.35. The first-order valence-corrected chi connectivity index (χ1v) is 5.61. The Morgan fingerprint density at radius 2 is 2.11 bits per heavy atom. The maximum Gasteiger partial charge on any atom is 0.211 e.